The minimum Gasteiger partial charge on any atom is -0.507 e. The monoisotopic (exact) mass is 549 g/mol. The third-order valence-corrected chi connectivity index (χ3v) is 9.14. The maximum Gasteiger partial charge on any atom is 0.238 e. The van der Waals surface area contributed by atoms with Crippen LogP contribution in [0, 0.1) is 17.8 Å². The van der Waals surface area contributed by atoms with E-state index in [-0.39, 0.29) is 35.6 Å². The SMILES string of the molecule is CC1=CC(=O)C2=C(CC3C(=CCC4C(=O)N(c5ccc(Cl)cc5)C(=O)C43)C2c2ccc3ccccc3c2O)C1=O. The molecular weight excluding hydrogens is 526 g/mol. The summed E-state index contributed by atoms with van der Waals surface area (Å²) in [6.45, 7) is 1.62. The maximum atomic E-state index is 14.0. The molecule has 1 fully saturated rings. The van der Waals surface area contributed by atoms with Gasteiger partial charge >= 0.3 is 0 Å². The molecule has 4 unspecified atom stereocenters. The predicted molar refractivity (Wildman–Crippen MR) is 151 cm³/mol. The van der Waals surface area contributed by atoms with Crippen molar-refractivity contribution < 1.29 is 24.3 Å². The quantitative estimate of drug-likeness (QED) is 0.246. The van der Waals surface area contributed by atoms with Crippen LogP contribution in [0.3, 0.4) is 0 Å². The number of hydrogen-bond donors (Lipinski definition) is 1. The summed E-state index contributed by atoms with van der Waals surface area (Å²) in [4.78, 5) is 55.7. The fraction of sp³-hybridized carbons (Fsp3) is 0.212. The summed E-state index contributed by atoms with van der Waals surface area (Å²) in [7, 11) is 0. The second-order valence-electron chi connectivity index (χ2n) is 10.9. The Balaban J connectivity index is 1.40. The van der Waals surface area contributed by atoms with Crippen molar-refractivity contribution in [3.05, 3.63) is 106 Å². The minimum absolute atomic E-state index is 0.0433. The molecule has 1 aliphatic heterocycles. The number of nitrogens with zero attached hydrogens (tertiary/aromatic N) is 1. The number of anilines is 1. The third-order valence-electron chi connectivity index (χ3n) is 8.89. The lowest BCUT2D eigenvalue weighted by Crippen LogP contribution is -2.39. The largest absolute Gasteiger partial charge is 0.507 e. The average molecular weight is 550 g/mol. The van der Waals surface area contributed by atoms with Crippen molar-refractivity contribution in [3.63, 3.8) is 0 Å². The summed E-state index contributed by atoms with van der Waals surface area (Å²) in [6, 6.07) is 17.7. The summed E-state index contributed by atoms with van der Waals surface area (Å²) in [5.41, 5.74) is 2.85. The normalized spacial score (nSPS) is 26.0. The Bertz CT molecular complexity index is 1780. The molecule has 1 N–H and O–H groups in total. The molecule has 2 amide bonds. The number of Topliss-reactive ketones (excluding diaryl/α,β-unsaturated/α-hetero) is 1. The fourth-order valence-electron chi connectivity index (χ4n) is 7.09. The molecule has 7 heteroatoms. The van der Waals surface area contributed by atoms with Gasteiger partial charge < -0.3 is 5.11 Å². The van der Waals surface area contributed by atoms with Crippen LogP contribution in [0.25, 0.3) is 10.8 Å². The van der Waals surface area contributed by atoms with E-state index in [9.17, 15) is 24.3 Å². The molecule has 3 aliphatic carbocycles. The zero-order valence-corrected chi connectivity index (χ0v) is 22.3. The summed E-state index contributed by atoms with van der Waals surface area (Å²) in [5.74, 6) is -3.47. The molecule has 0 spiro atoms. The van der Waals surface area contributed by atoms with Gasteiger partial charge in [-0.15, -0.1) is 0 Å². The summed E-state index contributed by atoms with van der Waals surface area (Å²) in [6.07, 6.45) is 3.84. The number of aromatic hydroxyl groups is 1. The zero-order chi connectivity index (χ0) is 27.9. The first-order valence-corrected chi connectivity index (χ1v) is 13.7. The van der Waals surface area contributed by atoms with Gasteiger partial charge in [-0.25, -0.2) is 0 Å². The van der Waals surface area contributed by atoms with Gasteiger partial charge in [0, 0.05) is 38.6 Å². The number of hydrogen-bond acceptors (Lipinski definition) is 5. The van der Waals surface area contributed by atoms with Crippen LogP contribution in [0.15, 0.2) is 95.1 Å². The standard InChI is InChI=1S/C33H24ClNO5/c1-16-14-26(36)29-25(30(16)37)15-24-21(27(29)22-11-6-17-4-2-3-5-20(17)31(22)38)12-13-23-28(24)33(40)35(32(23)39)19-9-7-18(34)8-10-19/h2-12,14,23-24,27-28,38H,13,15H2,1H3. The predicted octanol–water partition coefficient (Wildman–Crippen LogP) is 5.83. The molecule has 4 aliphatic rings. The van der Waals surface area contributed by atoms with Crippen molar-refractivity contribution in [2.24, 2.45) is 17.8 Å². The van der Waals surface area contributed by atoms with Gasteiger partial charge in [-0.1, -0.05) is 59.6 Å². The van der Waals surface area contributed by atoms with Crippen molar-refractivity contribution in [2.75, 3.05) is 4.90 Å². The summed E-state index contributed by atoms with van der Waals surface area (Å²) >= 11 is 6.04. The number of benzene rings is 3. The third kappa shape index (κ3) is 3.42. The highest BCUT2D eigenvalue weighted by Crippen LogP contribution is 2.56. The zero-order valence-electron chi connectivity index (χ0n) is 21.6. The molecule has 1 heterocycles. The van der Waals surface area contributed by atoms with E-state index >= 15 is 0 Å². The van der Waals surface area contributed by atoms with Gasteiger partial charge in [-0.2, -0.15) is 0 Å². The Labute approximate surface area is 235 Å². The van der Waals surface area contributed by atoms with E-state index < -0.39 is 23.7 Å². The molecule has 3 aromatic carbocycles. The Morgan fingerprint density at radius 3 is 2.42 bits per heavy atom. The molecule has 3 aromatic rings. The number of imide groups is 1. The van der Waals surface area contributed by atoms with Crippen molar-refractivity contribution >= 4 is 51.4 Å². The number of phenols is 1. The van der Waals surface area contributed by atoms with Gasteiger partial charge in [0.2, 0.25) is 11.8 Å². The highest BCUT2D eigenvalue weighted by Gasteiger charge is 2.56. The van der Waals surface area contributed by atoms with E-state index in [0.29, 0.717) is 44.8 Å². The smallest absolute Gasteiger partial charge is 0.238 e. The topological polar surface area (TPSA) is 91.8 Å². The highest BCUT2D eigenvalue weighted by molar-refractivity contribution is 6.31. The Morgan fingerprint density at radius 2 is 1.65 bits per heavy atom. The van der Waals surface area contributed by atoms with E-state index in [4.69, 9.17) is 11.6 Å². The minimum atomic E-state index is -0.701. The Hall–Kier alpha value is -4.29. The molecule has 4 atom stereocenters. The Morgan fingerprint density at radius 1 is 0.900 bits per heavy atom. The van der Waals surface area contributed by atoms with Crippen molar-refractivity contribution in [1.82, 2.24) is 0 Å². The van der Waals surface area contributed by atoms with Crippen molar-refractivity contribution in [1.29, 1.82) is 0 Å². The van der Waals surface area contributed by atoms with Crippen LogP contribution in [-0.4, -0.2) is 28.5 Å². The number of carbonyl (C=O) groups excluding carboxylic acids is 4. The second kappa shape index (κ2) is 8.86. The van der Waals surface area contributed by atoms with Gasteiger partial charge in [-0.05, 0) is 61.4 Å². The van der Waals surface area contributed by atoms with Gasteiger partial charge in [0.1, 0.15) is 5.75 Å². The van der Waals surface area contributed by atoms with E-state index in [1.54, 1.807) is 37.3 Å². The van der Waals surface area contributed by atoms with E-state index in [0.717, 1.165) is 11.0 Å². The van der Waals surface area contributed by atoms with Crippen molar-refractivity contribution in [3.8, 4) is 5.75 Å². The summed E-state index contributed by atoms with van der Waals surface area (Å²) < 4.78 is 0. The number of amides is 2. The van der Waals surface area contributed by atoms with Gasteiger partial charge in [-0.3, -0.25) is 24.1 Å². The van der Waals surface area contributed by atoms with Crippen LogP contribution in [0.5, 0.6) is 5.75 Å². The van der Waals surface area contributed by atoms with Crippen LogP contribution in [-0.2, 0) is 19.2 Å². The molecule has 1 saturated heterocycles. The number of phenolic OH excluding ortho intramolecular Hbond substituents is 1. The van der Waals surface area contributed by atoms with Gasteiger partial charge in [0.15, 0.2) is 11.6 Å². The number of halogens is 1. The second-order valence-corrected chi connectivity index (χ2v) is 11.4. The van der Waals surface area contributed by atoms with E-state index in [1.807, 2.05) is 36.4 Å². The lowest BCUT2D eigenvalue weighted by Gasteiger charge is -2.42. The molecule has 0 radical (unpaired) electrons. The number of ketones is 2. The molecule has 6 nitrogen and oxygen atoms in total. The number of rotatable bonds is 2. The van der Waals surface area contributed by atoms with E-state index in [2.05, 4.69) is 0 Å². The lowest BCUT2D eigenvalue weighted by atomic mass is 9.59. The molecule has 198 valence electrons. The van der Waals surface area contributed by atoms with Crippen LogP contribution >= 0.6 is 11.6 Å². The average Bonchev–Trinajstić information content (AvgIpc) is 3.21. The Kier molecular flexibility index (Phi) is 5.48. The number of allylic oxidation sites excluding steroid dienone is 6. The van der Waals surface area contributed by atoms with Crippen LogP contribution < -0.4 is 4.90 Å². The van der Waals surface area contributed by atoms with Crippen LogP contribution in [0.4, 0.5) is 5.69 Å². The maximum absolute atomic E-state index is 14.0. The first-order valence-electron chi connectivity index (χ1n) is 13.3. The summed E-state index contributed by atoms with van der Waals surface area (Å²) in [5, 5.41) is 13.5. The molecule has 0 aromatic heterocycles. The van der Waals surface area contributed by atoms with Crippen LogP contribution in [0.1, 0.15) is 31.2 Å². The first kappa shape index (κ1) is 24.7. The van der Waals surface area contributed by atoms with Crippen LogP contribution in [0.2, 0.25) is 5.02 Å². The molecule has 0 bridgehead atoms. The van der Waals surface area contributed by atoms with Crippen molar-refractivity contribution in [2.45, 2.75) is 25.7 Å². The fourth-order valence-corrected chi connectivity index (χ4v) is 7.21. The molecule has 7 rings (SSSR count). The highest BCUT2D eigenvalue weighted by atomic mass is 35.5. The lowest BCUT2D eigenvalue weighted by molar-refractivity contribution is -0.123. The first-order chi connectivity index (χ1) is 19.3. The van der Waals surface area contributed by atoms with Gasteiger partial charge in [0.25, 0.3) is 0 Å². The number of fused-ring (bicyclic) bond motifs is 4. The van der Waals surface area contributed by atoms with E-state index in [1.165, 1.54) is 11.0 Å². The number of carbonyl (C=O) groups is 4. The van der Waals surface area contributed by atoms with Gasteiger partial charge in [0.05, 0.1) is 17.5 Å². The molecule has 40 heavy (non-hydrogen) atoms. The molecule has 0 saturated carbocycles. The molecular formula is C33H24ClNO5.